The Morgan fingerprint density at radius 2 is 1.50 bits per heavy atom. The fourth-order valence-corrected chi connectivity index (χ4v) is 2.30. The third-order valence-electron chi connectivity index (χ3n) is 3.63. The molecule has 0 unspecified atom stereocenters. The molecule has 0 aliphatic heterocycles. The van der Waals surface area contributed by atoms with Crippen LogP contribution < -0.4 is 10.6 Å². The van der Waals surface area contributed by atoms with E-state index >= 15 is 0 Å². The van der Waals surface area contributed by atoms with Crippen molar-refractivity contribution in [3.05, 3.63) is 78.6 Å². The summed E-state index contributed by atoms with van der Waals surface area (Å²) in [6.07, 6.45) is 6.46. The van der Waals surface area contributed by atoms with Crippen LogP contribution in [-0.4, -0.2) is 39.9 Å². The van der Waals surface area contributed by atoms with Gasteiger partial charge < -0.3 is 10.6 Å². The van der Waals surface area contributed by atoms with E-state index in [4.69, 9.17) is 0 Å². The molecule has 0 atom stereocenters. The number of carbonyl (C=O) groups excluding carboxylic acids is 2. The van der Waals surface area contributed by atoms with E-state index in [0.29, 0.717) is 24.3 Å². The lowest BCUT2D eigenvalue weighted by atomic mass is 10.1. The van der Waals surface area contributed by atoms with Crippen molar-refractivity contribution < 1.29 is 9.59 Å². The summed E-state index contributed by atoms with van der Waals surface area (Å²) in [5.74, 6) is -0.470. The van der Waals surface area contributed by atoms with Crippen molar-refractivity contribution in [1.29, 1.82) is 0 Å². The number of nitrogens with one attached hydrogen (secondary N) is 2. The van der Waals surface area contributed by atoms with Crippen molar-refractivity contribution in [2.24, 2.45) is 0 Å². The molecule has 0 bridgehead atoms. The van der Waals surface area contributed by atoms with E-state index < -0.39 is 0 Å². The van der Waals surface area contributed by atoms with Gasteiger partial charge in [0.05, 0.1) is 0 Å². The zero-order chi connectivity index (χ0) is 18.2. The average molecular weight is 347 g/mol. The minimum atomic E-state index is -0.269. The van der Waals surface area contributed by atoms with Gasteiger partial charge in [-0.15, -0.1) is 0 Å². The zero-order valence-corrected chi connectivity index (χ0v) is 13.9. The second kappa shape index (κ2) is 8.48. The number of hydrogen-bond acceptors (Lipinski definition) is 5. The van der Waals surface area contributed by atoms with Gasteiger partial charge in [0.1, 0.15) is 12.0 Å². The highest BCUT2D eigenvalue weighted by Crippen LogP contribution is 2.17. The van der Waals surface area contributed by atoms with Crippen LogP contribution in [0.3, 0.4) is 0 Å². The second-order valence-electron chi connectivity index (χ2n) is 5.43. The summed E-state index contributed by atoms with van der Waals surface area (Å²) in [5.41, 5.74) is 2.71. The van der Waals surface area contributed by atoms with Gasteiger partial charge in [-0.05, 0) is 29.8 Å². The first-order valence-electron chi connectivity index (χ1n) is 8.07. The Morgan fingerprint density at radius 3 is 2.15 bits per heavy atom. The number of aromatic nitrogens is 3. The number of carbonyl (C=O) groups is 2. The number of benzene rings is 1. The molecule has 130 valence electrons. The van der Waals surface area contributed by atoms with Crippen LogP contribution in [0, 0.1) is 0 Å². The largest absolute Gasteiger partial charge is 0.350 e. The van der Waals surface area contributed by atoms with Crippen molar-refractivity contribution >= 4 is 11.8 Å². The Kier molecular flexibility index (Phi) is 5.61. The molecule has 0 spiro atoms. The monoisotopic (exact) mass is 347 g/mol. The molecule has 2 heterocycles. The molecule has 0 saturated heterocycles. The molecule has 2 N–H and O–H groups in total. The highest BCUT2D eigenvalue weighted by Gasteiger charge is 2.07. The van der Waals surface area contributed by atoms with Crippen LogP contribution in [0.5, 0.6) is 0 Å². The molecule has 0 radical (unpaired) electrons. The summed E-state index contributed by atoms with van der Waals surface area (Å²) >= 11 is 0. The Balaban J connectivity index is 1.47. The maximum absolute atomic E-state index is 12.1. The summed E-state index contributed by atoms with van der Waals surface area (Å²) in [5, 5.41) is 5.47. The number of amides is 2. The van der Waals surface area contributed by atoms with Gasteiger partial charge in [-0.25, -0.2) is 9.97 Å². The van der Waals surface area contributed by atoms with E-state index in [2.05, 4.69) is 25.6 Å². The van der Waals surface area contributed by atoms with Crippen molar-refractivity contribution in [3.63, 3.8) is 0 Å². The van der Waals surface area contributed by atoms with E-state index in [1.165, 1.54) is 6.33 Å². The minimum absolute atomic E-state index is 0.201. The molecule has 26 heavy (non-hydrogen) atoms. The number of nitrogens with zero attached hydrogens (tertiary/aromatic N) is 3. The normalized spacial score (nSPS) is 10.2. The minimum Gasteiger partial charge on any atom is -0.350 e. The fourth-order valence-electron chi connectivity index (χ4n) is 2.30. The smallest absolute Gasteiger partial charge is 0.269 e. The van der Waals surface area contributed by atoms with E-state index in [1.54, 1.807) is 48.9 Å². The fraction of sp³-hybridized carbons (Fsp3) is 0.105. The van der Waals surface area contributed by atoms with E-state index in [1.807, 2.05) is 12.1 Å². The van der Waals surface area contributed by atoms with Crippen LogP contribution >= 0.6 is 0 Å². The van der Waals surface area contributed by atoms with Gasteiger partial charge in [-0.3, -0.25) is 14.6 Å². The molecule has 2 amide bonds. The predicted molar refractivity (Wildman–Crippen MR) is 96.4 cm³/mol. The molecular formula is C19H17N5O2. The molecule has 7 nitrogen and oxygen atoms in total. The van der Waals surface area contributed by atoms with Crippen LogP contribution in [0.25, 0.3) is 11.1 Å². The van der Waals surface area contributed by atoms with E-state index in [9.17, 15) is 9.59 Å². The van der Waals surface area contributed by atoms with Gasteiger partial charge in [0, 0.05) is 42.8 Å². The maximum Gasteiger partial charge on any atom is 0.269 e. The second-order valence-corrected chi connectivity index (χ2v) is 5.43. The third kappa shape index (κ3) is 4.47. The first-order valence-corrected chi connectivity index (χ1v) is 8.07. The molecule has 3 rings (SSSR count). The molecule has 2 aromatic heterocycles. The van der Waals surface area contributed by atoms with Crippen LogP contribution in [0.15, 0.2) is 67.4 Å². The summed E-state index contributed by atoms with van der Waals surface area (Å²) in [7, 11) is 0. The number of hydrogen-bond donors (Lipinski definition) is 2. The first kappa shape index (κ1) is 17.2. The molecule has 0 aliphatic rings. The van der Waals surface area contributed by atoms with Gasteiger partial charge >= 0.3 is 0 Å². The lowest BCUT2D eigenvalue weighted by Crippen LogP contribution is -2.34. The quantitative estimate of drug-likeness (QED) is 0.662. The Hall–Kier alpha value is -3.61. The van der Waals surface area contributed by atoms with Crippen LogP contribution in [0.1, 0.15) is 20.8 Å². The molecule has 7 heteroatoms. The maximum atomic E-state index is 12.1. The molecule has 0 fully saturated rings. The van der Waals surface area contributed by atoms with Gasteiger partial charge in [-0.1, -0.05) is 18.2 Å². The van der Waals surface area contributed by atoms with Crippen molar-refractivity contribution in [2.75, 3.05) is 13.1 Å². The van der Waals surface area contributed by atoms with Gasteiger partial charge in [0.15, 0.2) is 0 Å². The van der Waals surface area contributed by atoms with Gasteiger partial charge in [0.2, 0.25) is 0 Å². The van der Waals surface area contributed by atoms with Crippen molar-refractivity contribution in [2.45, 2.75) is 0 Å². The number of rotatable bonds is 6. The molecule has 0 saturated carbocycles. The SMILES string of the molecule is O=C(NCCNC(=O)c1ccccn1)c1ccc(-c2cncnc2)cc1. The average Bonchev–Trinajstić information content (AvgIpc) is 2.72. The van der Waals surface area contributed by atoms with Crippen molar-refractivity contribution in [1.82, 2.24) is 25.6 Å². The molecule has 3 aromatic rings. The van der Waals surface area contributed by atoms with Crippen LogP contribution in [0.2, 0.25) is 0 Å². The van der Waals surface area contributed by atoms with Gasteiger partial charge in [0.25, 0.3) is 11.8 Å². The van der Waals surface area contributed by atoms with E-state index in [-0.39, 0.29) is 11.8 Å². The predicted octanol–water partition coefficient (Wildman–Crippen LogP) is 1.70. The Labute approximate surface area is 150 Å². The molecule has 1 aromatic carbocycles. The zero-order valence-electron chi connectivity index (χ0n) is 13.9. The summed E-state index contributed by atoms with van der Waals surface area (Å²) in [6, 6.07) is 12.3. The van der Waals surface area contributed by atoms with E-state index in [0.717, 1.165) is 11.1 Å². The lowest BCUT2D eigenvalue weighted by Gasteiger charge is -2.07. The topological polar surface area (TPSA) is 96.9 Å². The summed E-state index contributed by atoms with van der Waals surface area (Å²) in [4.78, 5) is 35.9. The Bertz CT molecular complexity index is 867. The standard InChI is InChI=1S/C19H17N5O2/c25-18(23-9-10-24-19(26)17-3-1-2-8-22-17)15-6-4-14(5-7-15)16-11-20-13-21-12-16/h1-8,11-13H,9-10H2,(H,23,25)(H,24,26). The molecule has 0 aliphatic carbocycles. The first-order chi connectivity index (χ1) is 12.7. The molecular weight excluding hydrogens is 330 g/mol. The highest BCUT2D eigenvalue weighted by molar-refractivity contribution is 5.95. The third-order valence-corrected chi connectivity index (χ3v) is 3.63. The number of pyridine rings is 1. The van der Waals surface area contributed by atoms with Crippen molar-refractivity contribution in [3.8, 4) is 11.1 Å². The Morgan fingerprint density at radius 1 is 0.808 bits per heavy atom. The summed E-state index contributed by atoms with van der Waals surface area (Å²) < 4.78 is 0. The van der Waals surface area contributed by atoms with Crippen LogP contribution in [-0.2, 0) is 0 Å². The van der Waals surface area contributed by atoms with Crippen LogP contribution in [0.4, 0.5) is 0 Å². The van der Waals surface area contributed by atoms with Gasteiger partial charge in [-0.2, -0.15) is 0 Å². The highest BCUT2D eigenvalue weighted by atomic mass is 16.2. The summed E-state index contributed by atoms with van der Waals surface area (Å²) in [6.45, 7) is 0.645. The lowest BCUT2D eigenvalue weighted by molar-refractivity contribution is 0.0925.